The molecule has 1 aliphatic rings. The van der Waals surface area contributed by atoms with Crippen molar-refractivity contribution in [3.8, 4) is 0 Å². The molecule has 2 aromatic rings. The minimum atomic E-state index is -4.02. The number of aromatic nitrogens is 2. The summed E-state index contributed by atoms with van der Waals surface area (Å²) >= 11 is 1.47. The van der Waals surface area contributed by atoms with Gasteiger partial charge in [-0.15, -0.1) is 11.3 Å². The van der Waals surface area contributed by atoms with Crippen LogP contribution in [0.3, 0.4) is 0 Å². The second-order valence-corrected chi connectivity index (χ2v) is 8.04. The molecule has 0 aliphatic heterocycles. The molecular weight excluding hydrogens is 340 g/mol. The van der Waals surface area contributed by atoms with Gasteiger partial charge in [-0.25, -0.2) is 13.1 Å². The molecule has 3 rings (SSSR count). The lowest BCUT2D eigenvalue weighted by Gasteiger charge is -2.16. The van der Waals surface area contributed by atoms with Crippen LogP contribution < -0.4 is 4.72 Å². The number of aryl methyl sites for hydroxylation is 1. The third-order valence-corrected chi connectivity index (χ3v) is 6.11. The summed E-state index contributed by atoms with van der Waals surface area (Å²) in [5.74, 6) is -0.399. The molecule has 1 atom stereocenters. The van der Waals surface area contributed by atoms with Crippen LogP contribution in [0.5, 0.6) is 0 Å². The lowest BCUT2D eigenvalue weighted by Crippen LogP contribution is -2.29. The highest BCUT2D eigenvalue weighted by atomic mass is 32.2. The quantitative estimate of drug-likeness (QED) is 0.605. The normalized spacial score (nSPS) is 16.4. The average molecular weight is 356 g/mol. The Morgan fingerprint density at radius 2 is 2.30 bits per heavy atom. The number of nitro groups is 1. The Morgan fingerprint density at radius 1 is 1.57 bits per heavy atom. The van der Waals surface area contributed by atoms with Crippen molar-refractivity contribution in [1.82, 2.24) is 14.5 Å². The minimum absolute atomic E-state index is 0.240. The van der Waals surface area contributed by atoms with E-state index >= 15 is 0 Å². The Morgan fingerprint density at radius 3 is 2.83 bits per heavy atom. The fraction of sp³-hybridized carbons (Fsp3) is 0.462. The van der Waals surface area contributed by atoms with Gasteiger partial charge >= 0.3 is 5.82 Å². The van der Waals surface area contributed by atoms with Crippen LogP contribution in [0.2, 0.25) is 0 Å². The van der Waals surface area contributed by atoms with Crippen molar-refractivity contribution in [2.24, 2.45) is 5.92 Å². The van der Waals surface area contributed by atoms with Gasteiger partial charge in [0.15, 0.2) is 0 Å². The molecule has 23 heavy (non-hydrogen) atoms. The van der Waals surface area contributed by atoms with Crippen molar-refractivity contribution in [3.63, 3.8) is 0 Å². The van der Waals surface area contributed by atoms with Gasteiger partial charge in [0.2, 0.25) is 4.90 Å². The molecule has 0 aromatic carbocycles. The Hall–Kier alpha value is -1.78. The summed E-state index contributed by atoms with van der Waals surface area (Å²) in [6.07, 6.45) is 3.10. The summed E-state index contributed by atoms with van der Waals surface area (Å²) in [6.45, 7) is 2.09. The predicted octanol–water partition coefficient (Wildman–Crippen LogP) is 2.30. The minimum Gasteiger partial charge on any atom is -0.358 e. The number of thiophene rings is 1. The molecule has 2 aromatic heterocycles. The first-order valence-corrected chi connectivity index (χ1v) is 9.56. The van der Waals surface area contributed by atoms with E-state index in [0.29, 0.717) is 6.54 Å². The van der Waals surface area contributed by atoms with Gasteiger partial charge in [-0.1, -0.05) is 6.07 Å². The zero-order valence-electron chi connectivity index (χ0n) is 12.4. The van der Waals surface area contributed by atoms with Crippen LogP contribution in [0, 0.1) is 16.0 Å². The number of hydrogen-bond acceptors (Lipinski definition) is 6. The van der Waals surface area contributed by atoms with E-state index in [0.717, 1.165) is 17.7 Å². The Kier molecular flexibility index (Phi) is 4.21. The number of nitrogens with zero attached hydrogens (tertiary/aromatic N) is 3. The molecule has 124 valence electrons. The molecule has 0 radical (unpaired) electrons. The molecular formula is C13H16N4O4S2. The third-order valence-electron chi connectivity index (χ3n) is 3.72. The highest BCUT2D eigenvalue weighted by Crippen LogP contribution is 2.43. The monoisotopic (exact) mass is 356 g/mol. The number of sulfonamides is 1. The van der Waals surface area contributed by atoms with Crippen LogP contribution in [0.25, 0.3) is 0 Å². The van der Waals surface area contributed by atoms with Crippen LogP contribution in [0.1, 0.15) is 30.7 Å². The van der Waals surface area contributed by atoms with E-state index in [1.165, 1.54) is 22.2 Å². The molecule has 1 unspecified atom stereocenters. The van der Waals surface area contributed by atoms with E-state index < -0.39 is 20.8 Å². The Balaban J connectivity index is 1.95. The molecule has 1 aliphatic carbocycles. The molecule has 1 N–H and O–H groups in total. The van der Waals surface area contributed by atoms with E-state index in [1.807, 2.05) is 17.5 Å². The fourth-order valence-corrected chi connectivity index (χ4v) is 4.73. The summed E-state index contributed by atoms with van der Waals surface area (Å²) in [6, 6.07) is 3.39. The maximum Gasteiger partial charge on any atom is 0.410 e. The zero-order valence-corrected chi connectivity index (χ0v) is 14.0. The molecule has 0 bridgehead atoms. The van der Waals surface area contributed by atoms with E-state index in [4.69, 9.17) is 0 Å². The topological polar surface area (TPSA) is 107 Å². The lowest BCUT2D eigenvalue weighted by atomic mass is 10.2. The standard InChI is InChI=1S/C13H16N4O4S2/c1-2-16-8-11(13(14-16)17(18)19)23(20,21)15-12(9-5-6-9)10-4-3-7-22-10/h3-4,7-9,12,15H,2,5-6H2,1H3. The molecule has 1 fully saturated rings. The van der Waals surface area contributed by atoms with Gasteiger partial charge < -0.3 is 10.1 Å². The van der Waals surface area contributed by atoms with Crippen molar-refractivity contribution < 1.29 is 13.3 Å². The molecule has 1 saturated carbocycles. The predicted molar refractivity (Wildman–Crippen MR) is 84.7 cm³/mol. The maximum atomic E-state index is 12.7. The van der Waals surface area contributed by atoms with E-state index in [1.54, 1.807) is 6.92 Å². The molecule has 2 heterocycles. The lowest BCUT2D eigenvalue weighted by molar-refractivity contribution is -0.392. The van der Waals surface area contributed by atoms with Gasteiger partial charge in [0.25, 0.3) is 10.0 Å². The number of hydrogen-bond donors (Lipinski definition) is 1. The van der Waals surface area contributed by atoms with Crippen LogP contribution in [-0.2, 0) is 16.6 Å². The van der Waals surface area contributed by atoms with E-state index in [9.17, 15) is 18.5 Å². The van der Waals surface area contributed by atoms with Crippen LogP contribution >= 0.6 is 11.3 Å². The third kappa shape index (κ3) is 3.28. The fourth-order valence-electron chi connectivity index (χ4n) is 2.39. The highest BCUT2D eigenvalue weighted by Gasteiger charge is 2.39. The van der Waals surface area contributed by atoms with Gasteiger partial charge in [-0.2, -0.15) is 4.68 Å². The van der Waals surface area contributed by atoms with Crippen LogP contribution in [0.15, 0.2) is 28.6 Å². The second kappa shape index (κ2) is 6.02. The highest BCUT2D eigenvalue weighted by molar-refractivity contribution is 7.89. The van der Waals surface area contributed by atoms with Gasteiger partial charge in [-0.3, -0.25) is 0 Å². The zero-order chi connectivity index (χ0) is 16.6. The second-order valence-electron chi connectivity index (χ2n) is 5.38. The van der Waals surface area contributed by atoms with Crippen molar-refractivity contribution in [2.45, 2.75) is 37.2 Å². The first-order chi connectivity index (χ1) is 10.9. The van der Waals surface area contributed by atoms with Crippen molar-refractivity contribution in [1.29, 1.82) is 0 Å². The summed E-state index contributed by atoms with van der Waals surface area (Å²) in [5, 5.41) is 16.7. The van der Waals surface area contributed by atoms with Gasteiger partial charge in [0.1, 0.15) is 0 Å². The molecule has 10 heteroatoms. The van der Waals surface area contributed by atoms with Crippen LogP contribution in [-0.4, -0.2) is 23.1 Å². The van der Waals surface area contributed by atoms with Crippen molar-refractivity contribution in [2.75, 3.05) is 0 Å². The first kappa shape index (κ1) is 16.1. The summed E-state index contributed by atoms with van der Waals surface area (Å²) < 4.78 is 29.2. The molecule has 0 spiro atoms. The largest absolute Gasteiger partial charge is 0.410 e. The Labute approximate surface area is 137 Å². The maximum absolute atomic E-state index is 12.7. The van der Waals surface area contributed by atoms with Gasteiger partial charge in [-0.05, 0) is 42.1 Å². The number of nitrogens with one attached hydrogen (secondary N) is 1. The van der Waals surface area contributed by atoms with Crippen LogP contribution in [0.4, 0.5) is 5.82 Å². The molecule has 0 saturated heterocycles. The number of rotatable bonds is 7. The summed E-state index contributed by atoms with van der Waals surface area (Å²) in [5.41, 5.74) is 0. The van der Waals surface area contributed by atoms with Gasteiger partial charge in [0.05, 0.1) is 23.9 Å². The first-order valence-electron chi connectivity index (χ1n) is 7.20. The van der Waals surface area contributed by atoms with Gasteiger partial charge in [0, 0.05) is 4.88 Å². The molecule has 0 amide bonds. The molecule has 8 nitrogen and oxygen atoms in total. The van der Waals surface area contributed by atoms with E-state index in [-0.39, 0.29) is 16.9 Å². The SMILES string of the molecule is CCn1cc(S(=O)(=O)NC(c2cccs2)C2CC2)c([N+](=O)[O-])n1. The smallest absolute Gasteiger partial charge is 0.358 e. The summed E-state index contributed by atoms with van der Waals surface area (Å²) in [7, 11) is -4.02. The summed E-state index contributed by atoms with van der Waals surface area (Å²) in [4.78, 5) is 10.9. The van der Waals surface area contributed by atoms with Crippen molar-refractivity contribution in [3.05, 3.63) is 38.7 Å². The Bertz CT molecular complexity index is 809. The van der Waals surface area contributed by atoms with Crippen molar-refractivity contribution >= 4 is 27.2 Å². The van der Waals surface area contributed by atoms with E-state index in [2.05, 4.69) is 9.82 Å². The average Bonchev–Trinajstić information content (AvgIpc) is 3.03.